The molecule has 6 N–H and O–H groups in total. The van der Waals surface area contributed by atoms with Gasteiger partial charge in [-0.1, -0.05) is 23.2 Å². The Balaban J connectivity index is 0.943. The number of nitrogen functional groups attached to an aromatic ring is 1. The quantitative estimate of drug-likeness (QED) is 0.0900. The number of hydrogen-bond acceptors (Lipinski definition) is 11. The lowest BCUT2D eigenvalue weighted by Crippen LogP contribution is -2.51. The van der Waals surface area contributed by atoms with Crippen LogP contribution in [0.15, 0.2) is 36.9 Å². The highest BCUT2D eigenvalue weighted by Gasteiger charge is 2.31. The Hall–Kier alpha value is -4.87. The number of urea groups is 1. The van der Waals surface area contributed by atoms with Gasteiger partial charge in [-0.15, -0.1) is 0 Å². The molecule has 1 aliphatic carbocycles. The zero-order chi connectivity index (χ0) is 39.1. The number of nitrogens with one attached hydrogen (secondary N) is 4. The number of unbranched alkanes of at least 4 members (excludes halogenated alkanes) is 1. The lowest BCUT2D eigenvalue weighted by molar-refractivity contribution is -0.124. The molecule has 17 nitrogen and oxygen atoms in total. The molecule has 0 spiro atoms. The minimum absolute atomic E-state index is 0.0515. The average molecular weight is 800 g/mol. The number of aromatic nitrogens is 6. The first kappa shape index (κ1) is 39.8. The maximum absolute atomic E-state index is 13.4. The first-order valence-corrected chi connectivity index (χ1v) is 19.3. The molecule has 4 aromatic heterocycles. The number of alkyl carbamates (subject to hydrolysis) is 1. The van der Waals surface area contributed by atoms with Gasteiger partial charge < -0.3 is 45.9 Å². The number of aryl methyl sites for hydroxylation is 1. The van der Waals surface area contributed by atoms with E-state index in [4.69, 9.17) is 38.4 Å². The van der Waals surface area contributed by atoms with Crippen LogP contribution in [0.2, 0.25) is 10.2 Å². The molecule has 4 amide bonds. The van der Waals surface area contributed by atoms with Crippen molar-refractivity contribution in [3.8, 4) is 5.88 Å². The van der Waals surface area contributed by atoms with Crippen molar-refractivity contribution in [2.45, 2.75) is 95.9 Å². The Morgan fingerprint density at radius 1 is 1.00 bits per heavy atom. The van der Waals surface area contributed by atoms with E-state index in [2.05, 4.69) is 46.2 Å². The number of pyridine rings is 1. The SMILES string of the molecule is CC(C)(C)OC(=O)N[C@@H](CCCn1ccnc1N)C(=O)N[C@@H]1CCN(CCCCOc2ncc(Cl)cc2NC(=O)Nc2cnc3cc(Cl)nn3c2C2CC2)C1. The zero-order valence-electron chi connectivity index (χ0n) is 31.2. The number of carbonyl (C=O) groups is 3. The van der Waals surface area contributed by atoms with E-state index in [0.717, 1.165) is 50.9 Å². The molecule has 1 saturated heterocycles. The molecule has 0 bridgehead atoms. The van der Waals surface area contributed by atoms with Crippen LogP contribution in [0, 0.1) is 0 Å². The second kappa shape index (κ2) is 17.7. The number of nitrogens with two attached hydrogens (primary N) is 1. The molecule has 0 aromatic carbocycles. The first-order chi connectivity index (χ1) is 26.3. The summed E-state index contributed by atoms with van der Waals surface area (Å²) in [6.45, 7) is 8.59. The molecule has 1 saturated carbocycles. The molecule has 5 heterocycles. The number of amides is 4. The second-order valence-corrected chi connectivity index (χ2v) is 15.6. The molecule has 19 heteroatoms. The summed E-state index contributed by atoms with van der Waals surface area (Å²) in [5.74, 6) is 0.655. The van der Waals surface area contributed by atoms with E-state index in [-0.39, 0.29) is 23.7 Å². The monoisotopic (exact) mass is 798 g/mol. The highest BCUT2D eigenvalue weighted by Crippen LogP contribution is 2.43. The van der Waals surface area contributed by atoms with Crippen LogP contribution in [-0.2, 0) is 16.1 Å². The highest BCUT2D eigenvalue weighted by atomic mass is 35.5. The minimum atomic E-state index is -0.763. The van der Waals surface area contributed by atoms with Crippen molar-refractivity contribution in [1.29, 1.82) is 0 Å². The van der Waals surface area contributed by atoms with Gasteiger partial charge in [0, 0.05) is 56.3 Å². The number of likely N-dealkylation sites (tertiary alicyclic amines) is 1. The number of imidazole rings is 1. The van der Waals surface area contributed by atoms with Gasteiger partial charge in [-0.25, -0.2) is 29.1 Å². The van der Waals surface area contributed by atoms with Crippen molar-refractivity contribution in [2.24, 2.45) is 0 Å². The summed E-state index contributed by atoms with van der Waals surface area (Å²) < 4.78 is 14.9. The maximum Gasteiger partial charge on any atom is 0.408 e. The molecule has 2 fully saturated rings. The van der Waals surface area contributed by atoms with E-state index in [9.17, 15) is 14.4 Å². The smallest absolute Gasteiger partial charge is 0.408 e. The number of hydrogen-bond donors (Lipinski definition) is 5. The minimum Gasteiger partial charge on any atom is -0.476 e. The van der Waals surface area contributed by atoms with Crippen LogP contribution in [0.25, 0.3) is 5.65 Å². The fourth-order valence-electron chi connectivity index (χ4n) is 6.45. The number of nitrogens with zero attached hydrogens (tertiary/aromatic N) is 7. The second-order valence-electron chi connectivity index (χ2n) is 14.8. The van der Waals surface area contributed by atoms with Crippen molar-refractivity contribution < 1.29 is 23.9 Å². The third-order valence-electron chi connectivity index (χ3n) is 9.14. The number of anilines is 3. The molecule has 1 aliphatic heterocycles. The van der Waals surface area contributed by atoms with E-state index in [1.165, 1.54) is 6.20 Å². The maximum atomic E-state index is 13.4. The van der Waals surface area contributed by atoms with Crippen molar-refractivity contribution in [3.05, 3.63) is 52.8 Å². The van der Waals surface area contributed by atoms with Crippen LogP contribution >= 0.6 is 23.2 Å². The van der Waals surface area contributed by atoms with Gasteiger partial charge in [-0.05, 0) is 78.3 Å². The highest BCUT2D eigenvalue weighted by molar-refractivity contribution is 6.31. The normalized spacial score (nSPS) is 16.5. The number of rotatable bonds is 16. The molecule has 2 atom stereocenters. The summed E-state index contributed by atoms with van der Waals surface area (Å²) in [6, 6.07) is 1.95. The zero-order valence-corrected chi connectivity index (χ0v) is 32.7. The topological polar surface area (TPSA) is 208 Å². The average Bonchev–Trinajstić information content (AvgIpc) is 3.51. The van der Waals surface area contributed by atoms with Gasteiger partial charge in [-0.2, -0.15) is 5.10 Å². The molecule has 2 aliphatic rings. The Morgan fingerprint density at radius 3 is 2.55 bits per heavy atom. The van der Waals surface area contributed by atoms with Gasteiger partial charge in [-0.3, -0.25) is 4.79 Å². The summed E-state index contributed by atoms with van der Waals surface area (Å²) in [5.41, 5.74) is 7.52. The fraction of sp³-hybridized carbons (Fsp3) is 0.528. The van der Waals surface area contributed by atoms with Crippen molar-refractivity contribution >= 4 is 64.2 Å². The Morgan fingerprint density at radius 2 is 1.80 bits per heavy atom. The lowest BCUT2D eigenvalue weighted by atomic mass is 10.1. The van der Waals surface area contributed by atoms with Crippen LogP contribution in [-0.4, -0.2) is 96.0 Å². The molecule has 4 aromatic rings. The Kier molecular flexibility index (Phi) is 12.8. The molecule has 6 rings (SSSR count). The van der Waals surface area contributed by atoms with Crippen molar-refractivity contribution in [2.75, 3.05) is 42.6 Å². The number of ether oxygens (including phenoxy) is 2. The lowest BCUT2D eigenvalue weighted by Gasteiger charge is -2.24. The van der Waals surface area contributed by atoms with Crippen molar-refractivity contribution in [1.82, 2.24) is 44.7 Å². The van der Waals surface area contributed by atoms with E-state index in [1.807, 2.05) is 0 Å². The molecular weight excluding hydrogens is 751 g/mol. The Labute approximate surface area is 329 Å². The van der Waals surface area contributed by atoms with Crippen LogP contribution < -0.4 is 31.7 Å². The fourth-order valence-corrected chi connectivity index (χ4v) is 6.78. The van der Waals surface area contributed by atoms with E-state index < -0.39 is 23.8 Å². The number of halogens is 2. The summed E-state index contributed by atoms with van der Waals surface area (Å²) in [4.78, 5) is 54.1. The molecular formula is C36H48Cl2N12O5. The van der Waals surface area contributed by atoms with E-state index >= 15 is 0 Å². The third kappa shape index (κ3) is 11.3. The van der Waals surface area contributed by atoms with Gasteiger partial charge in [0.25, 0.3) is 0 Å². The van der Waals surface area contributed by atoms with Crippen LogP contribution in [0.1, 0.15) is 77.3 Å². The Bertz CT molecular complexity index is 1980. The largest absolute Gasteiger partial charge is 0.476 e. The van der Waals surface area contributed by atoms with E-state index in [0.29, 0.717) is 65.7 Å². The molecule has 0 radical (unpaired) electrons. The van der Waals surface area contributed by atoms with Gasteiger partial charge in [0.2, 0.25) is 11.8 Å². The predicted molar refractivity (Wildman–Crippen MR) is 209 cm³/mol. The first-order valence-electron chi connectivity index (χ1n) is 18.5. The van der Waals surface area contributed by atoms with Crippen molar-refractivity contribution in [3.63, 3.8) is 0 Å². The van der Waals surface area contributed by atoms with Gasteiger partial charge in [0.1, 0.15) is 17.3 Å². The number of carbonyl (C=O) groups excluding carboxylic acids is 3. The van der Waals surface area contributed by atoms with Gasteiger partial charge in [0.05, 0.1) is 29.2 Å². The van der Waals surface area contributed by atoms with Gasteiger partial charge in [0.15, 0.2) is 16.7 Å². The number of fused-ring (bicyclic) bond motifs is 1. The summed E-state index contributed by atoms with van der Waals surface area (Å²) in [7, 11) is 0. The standard InChI is InChI=1S/C36H48Cl2N12O5/c1-36(2,3)55-35(53)46-25(7-6-13-49-15-11-40-33(49)39)31(51)43-24-10-14-48(21-24)12-4-5-16-54-32-26(17-23(37)19-42-32)44-34(52)45-27-20-41-29-18-28(38)47-50(29)30(27)22-8-9-22/h11,15,17-20,22,24-25H,4-10,12-14,16,21H2,1-3H3,(H2,39,40)(H,43,51)(H,46,53)(H2,44,45,52)/t24-,25+/m1/s1. The van der Waals surface area contributed by atoms with Crippen LogP contribution in [0.3, 0.4) is 0 Å². The van der Waals surface area contributed by atoms with E-state index in [1.54, 1.807) is 60.6 Å². The third-order valence-corrected chi connectivity index (χ3v) is 9.53. The summed E-state index contributed by atoms with van der Waals surface area (Å²) in [6.07, 6.45) is 11.2. The summed E-state index contributed by atoms with van der Waals surface area (Å²) >= 11 is 12.3. The van der Waals surface area contributed by atoms with Crippen LogP contribution in [0.5, 0.6) is 5.88 Å². The van der Waals surface area contributed by atoms with Gasteiger partial charge >= 0.3 is 12.1 Å². The van der Waals surface area contributed by atoms with Crippen LogP contribution in [0.4, 0.5) is 26.9 Å². The molecule has 55 heavy (non-hydrogen) atoms. The summed E-state index contributed by atoms with van der Waals surface area (Å²) in [5, 5.41) is 16.6. The predicted octanol–water partition coefficient (Wildman–Crippen LogP) is 5.45. The molecule has 296 valence electrons. The molecule has 0 unspecified atom stereocenters.